The predicted molar refractivity (Wildman–Crippen MR) is 82.3 cm³/mol. The van der Waals surface area contributed by atoms with Crippen LogP contribution >= 0.6 is 22.6 Å². The Bertz CT molecular complexity index is 616. The van der Waals surface area contributed by atoms with Crippen molar-refractivity contribution in [1.82, 2.24) is 0 Å². The molecule has 0 aliphatic carbocycles. The van der Waals surface area contributed by atoms with E-state index in [1.54, 1.807) is 24.3 Å². The highest BCUT2D eigenvalue weighted by atomic mass is 127. The van der Waals surface area contributed by atoms with E-state index in [0.717, 1.165) is 5.56 Å². The first-order valence-corrected chi connectivity index (χ1v) is 6.72. The highest BCUT2D eigenvalue weighted by Crippen LogP contribution is 2.19. The third kappa shape index (κ3) is 3.92. The van der Waals surface area contributed by atoms with Gasteiger partial charge in [0.25, 0.3) is 0 Å². The molecule has 3 N–H and O–H groups in total. The molecule has 2 rings (SSSR count). The lowest BCUT2D eigenvalue weighted by atomic mass is 10.1. The number of carbonyl (C=O) groups excluding carboxylic acids is 1. The lowest BCUT2D eigenvalue weighted by Crippen LogP contribution is -2.15. The number of nitrogens with two attached hydrogens (primary N) is 1. The molecule has 0 aliphatic rings. The van der Waals surface area contributed by atoms with Gasteiger partial charge in [-0.05, 0) is 58.5 Å². The van der Waals surface area contributed by atoms with Gasteiger partial charge < -0.3 is 11.1 Å². The van der Waals surface area contributed by atoms with Crippen molar-refractivity contribution < 1.29 is 9.18 Å². The molecule has 0 heterocycles. The molecule has 0 radical (unpaired) electrons. The topological polar surface area (TPSA) is 55.1 Å². The van der Waals surface area contributed by atoms with Crippen molar-refractivity contribution in [3.8, 4) is 0 Å². The lowest BCUT2D eigenvalue weighted by Gasteiger charge is -2.08. The van der Waals surface area contributed by atoms with Gasteiger partial charge in [0.1, 0.15) is 5.82 Å². The van der Waals surface area contributed by atoms with Crippen LogP contribution in [0, 0.1) is 9.39 Å². The van der Waals surface area contributed by atoms with Gasteiger partial charge in [-0.3, -0.25) is 4.79 Å². The SMILES string of the molecule is Nc1cccc(CC(=O)Nc2ccc(F)cc2I)c1. The molecule has 3 nitrogen and oxygen atoms in total. The van der Waals surface area contributed by atoms with E-state index >= 15 is 0 Å². The molecule has 0 spiro atoms. The third-order valence-electron chi connectivity index (χ3n) is 2.52. The Kier molecular flexibility index (Phi) is 4.36. The molecule has 0 atom stereocenters. The lowest BCUT2D eigenvalue weighted by molar-refractivity contribution is -0.115. The van der Waals surface area contributed by atoms with Gasteiger partial charge in [-0.2, -0.15) is 0 Å². The van der Waals surface area contributed by atoms with Crippen LogP contribution in [-0.2, 0) is 11.2 Å². The van der Waals surface area contributed by atoms with Crippen molar-refractivity contribution in [2.45, 2.75) is 6.42 Å². The van der Waals surface area contributed by atoms with Crippen LogP contribution in [0.5, 0.6) is 0 Å². The Balaban J connectivity index is 2.05. The van der Waals surface area contributed by atoms with Crippen molar-refractivity contribution in [2.24, 2.45) is 0 Å². The molecule has 0 saturated carbocycles. The van der Waals surface area contributed by atoms with E-state index in [9.17, 15) is 9.18 Å². The van der Waals surface area contributed by atoms with Crippen molar-refractivity contribution in [1.29, 1.82) is 0 Å². The van der Waals surface area contributed by atoms with Crippen LogP contribution in [0.2, 0.25) is 0 Å². The summed E-state index contributed by atoms with van der Waals surface area (Å²) >= 11 is 1.98. The molecule has 0 unspecified atom stereocenters. The maximum Gasteiger partial charge on any atom is 0.228 e. The summed E-state index contributed by atoms with van der Waals surface area (Å²) in [5.74, 6) is -0.478. The molecule has 0 saturated heterocycles. The second-order valence-corrected chi connectivity index (χ2v) is 5.26. The number of hydrogen-bond donors (Lipinski definition) is 2. The third-order valence-corrected chi connectivity index (χ3v) is 3.41. The van der Waals surface area contributed by atoms with Crippen LogP contribution in [0.15, 0.2) is 42.5 Å². The number of amides is 1. The second-order valence-electron chi connectivity index (χ2n) is 4.09. The van der Waals surface area contributed by atoms with Crippen LogP contribution in [0.1, 0.15) is 5.56 Å². The average molecular weight is 370 g/mol. The smallest absolute Gasteiger partial charge is 0.228 e. The Morgan fingerprint density at radius 3 is 2.74 bits per heavy atom. The molecule has 0 aromatic heterocycles. The molecule has 0 bridgehead atoms. The normalized spacial score (nSPS) is 10.2. The predicted octanol–water partition coefficient (Wildman–Crippen LogP) is 3.19. The van der Waals surface area contributed by atoms with Crippen molar-refractivity contribution >= 4 is 39.9 Å². The number of anilines is 2. The standard InChI is InChI=1S/C14H12FIN2O/c15-10-4-5-13(12(16)8-10)18-14(19)7-9-2-1-3-11(17)6-9/h1-6,8H,7,17H2,(H,18,19). The van der Waals surface area contributed by atoms with Crippen LogP contribution < -0.4 is 11.1 Å². The van der Waals surface area contributed by atoms with Crippen molar-refractivity contribution in [2.75, 3.05) is 11.1 Å². The Hall–Kier alpha value is -1.63. The summed E-state index contributed by atoms with van der Waals surface area (Å²) in [7, 11) is 0. The second kappa shape index (κ2) is 6.01. The van der Waals surface area contributed by atoms with E-state index in [-0.39, 0.29) is 18.1 Å². The fourth-order valence-electron chi connectivity index (χ4n) is 1.67. The number of halogens is 2. The Morgan fingerprint density at radius 1 is 1.26 bits per heavy atom. The highest BCUT2D eigenvalue weighted by Gasteiger charge is 2.07. The first-order chi connectivity index (χ1) is 9.04. The van der Waals surface area contributed by atoms with E-state index in [1.807, 2.05) is 28.7 Å². The molecule has 2 aromatic carbocycles. The molecular formula is C14H12FIN2O. The van der Waals surface area contributed by atoms with Gasteiger partial charge in [0.15, 0.2) is 0 Å². The fraction of sp³-hybridized carbons (Fsp3) is 0.0714. The maximum atomic E-state index is 12.9. The van der Waals surface area contributed by atoms with Gasteiger partial charge in [0, 0.05) is 9.26 Å². The van der Waals surface area contributed by atoms with E-state index in [1.165, 1.54) is 12.1 Å². The van der Waals surface area contributed by atoms with Gasteiger partial charge in [0.2, 0.25) is 5.91 Å². The summed E-state index contributed by atoms with van der Waals surface area (Å²) in [5, 5.41) is 2.75. The number of rotatable bonds is 3. The summed E-state index contributed by atoms with van der Waals surface area (Å²) in [6, 6.07) is 11.4. The molecule has 0 fully saturated rings. The van der Waals surface area contributed by atoms with Crippen LogP contribution in [0.25, 0.3) is 0 Å². The first kappa shape index (κ1) is 13.8. The van der Waals surface area contributed by atoms with Gasteiger partial charge in [-0.1, -0.05) is 12.1 Å². The van der Waals surface area contributed by atoms with E-state index in [0.29, 0.717) is 14.9 Å². The number of carbonyl (C=O) groups is 1. The average Bonchev–Trinajstić information content (AvgIpc) is 2.33. The van der Waals surface area contributed by atoms with Crippen LogP contribution in [0.3, 0.4) is 0 Å². The molecule has 98 valence electrons. The molecule has 1 amide bonds. The summed E-state index contributed by atoms with van der Waals surface area (Å²) in [6.45, 7) is 0. The maximum absolute atomic E-state index is 12.9. The largest absolute Gasteiger partial charge is 0.399 e. The summed E-state index contributed by atoms with van der Waals surface area (Å²) in [5.41, 5.74) is 7.73. The monoisotopic (exact) mass is 370 g/mol. The van der Waals surface area contributed by atoms with Crippen molar-refractivity contribution in [3.63, 3.8) is 0 Å². The van der Waals surface area contributed by atoms with Gasteiger partial charge in [-0.15, -0.1) is 0 Å². The van der Waals surface area contributed by atoms with Gasteiger partial charge in [0.05, 0.1) is 12.1 Å². The Morgan fingerprint density at radius 2 is 2.05 bits per heavy atom. The molecule has 19 heavy (non-hydrogen) atoms. The minimum absolute atomic E-state index is 0.157. The van der Waals surface area contributed by atoms with Gasteiger partial charge >= 0.3 is 0 Å². The minimum Gasteiger partial charge on any atom is -0.399 e. The molecular weight excluding hydrogens is 358 g/mol. The van der Waals surface area contributed by atoms with Crippen LogP contribution in [-0.4, -0.2) is 5.91 Å². The van der Waals surface area contributed by atoms with E-state index in [2.05, 4.69) is 5.32 Å². The van der Waals surface area contributed by atoms with Gasteiger partial charge in [-0.25, -0.2) is 4.39 Å². The Labute approximate surface area is 124 Å². The molecule has 0 aliphatic heterocycles. The summed E-state index contributed by atoms with van der Waals surface area (Å²) < 4.78 is 13.6. The zero-order chi connectivity index (χ0) is 13.8. The number of nitrogen functional groups attached to an aromatic ring is 1. The summed E-state index contributed by atoms with van der Waals surface area (Å²) in [6.07, 6.45) is 0.235. The zero-order valence-corrected chi connectivity index (χ0v) is 12.1. The van der Waals surface area contributed by atoms with E-state index < -0.39 is 0 Å². The minimum atomic E-state index is -0.321. The zero-order valence-electron chi connectivity index (χ0n) is 9.99. The fourth-order valence-corrected chi connectivity index (χ4v) is 2.29. The van der Waals surface area contributed by atoms with Crippen LogP contribution in [0.4, 0.5) is 15.8 Å². The first-order valence-electron chi connectivity index (χ1n) is 5.64. The molecule has 5 heteroatoms. The molecule has 2 aromatic rings. The van der Waals surface area contributed by atoms with Crippen molar-refractivity contribution in [3.05, 3.63) is 57.4 Å². The number of hydrogen-bond acceptors (Lipinski definition) is 2. The highest BCUT2D eigenvalue weighted by molar-refractivity contribution is 14.1. The quantitative estimate of drug-likeness (QED) is 0.644. The van der Waals surface area contributed by atoms with E-state index in [4.69, 9.17) is 5.73 Å². The summed E-state index contributed by atoms with van der Waals surface area (Å²) in [4.78, 5) is 11.9. The number of benzene rings is 2. The number of nitrogens with one attached hydrogen (secondary N) is 1.